The third kappa shape index (κ3) is 9.01. The molecule has 1 unspecified atom stereocenters. The van der Waals surface area contributed by atoms with Crippen molar-refractivity contribution in [3.8, 4) is 0 Å². The highest BCUT2D eigenvalue weighted by molar-refractivity contribution is 7.80. The smallest absolute Gasteiger partial charge is 0.00953 e. The zero-order valence-electron chi connectivity index (χ0n) is 8.84. The summed E-state index contributed by atoms with van der Waals surface area (Å²) in [6, 6.07) is 0. The van der Waals surface area contributed by atoms with E-state index in [0.717, 1.165) is 17.4 Å². The minimum absolute atomic E-state index is 0.933. The Hall–Kier alpha value is 0.700. The van der Waals surface area contributed by atoms with Gasteiger partial charge in [0.1, 0.15) is 0 Å². The fourth-order valence-electron chi connectivity index (χ4n) is 1.75. The second-order valence-corrected chi connectivity index (χ2v) is 4.63. The Balaban J connectivity index is 3.33. The van der Waals surface area contributed by atoms with Crippen LogP contribution < -0.4 is 0 Å². The van der Waals surface area contributed by atoms with Crippen LogP contribution in [0, 0.1) is 5.92 Å². The van der Waals surface area contributed by atoms with Crippen LogP contribution in [0.15, 0.2) is 0 Å². The minimum atomic E-state index is 0.933. The Morgan fingerprint density at radius 2 is 1.62 bits per heavy atom. The highest BCUT2D eigenvalue weighted by Crippen LogP contribution is 2.19. The maximum absolute atomic E-state index is 4.30. The molecule has 0 aliphatic carbocycles. The van der Waals surface area contributed by atoms with Gasteiger partial charge in [-0.3, -0.25) is 0 Å². The van der Waals surface area contributed by atoms with Crippen LogP contribution in [0.25, 0.3) is 0 Å². The Bertz CT molecular complexity index is 88.1. The second-order valence-electron chi connectivity index (χ2n) is 3.74. The summed E-state index contributed by atoms with van der Waals surface area (Å²) in [5.41, 5.74) is 0. The van der Waals surface area contributed by atoms with Crippen molar-refractivity contribution in [1.82, 2.24) is 0 Å². The third-order valence-corrected chi connectivity index (χ3v) is 3.08. The van der Waals surface area contributed by atoms with Gasteiger partial charge in [-0.05, 0) is 30.3 Å². The van der Waals surface area contributed by atoms with E-state index < -0.39 is 0 Å². The largest absolute Gasteiger partial charge is 0.179 e. The number of hydrogen-bond acceptors (Lipinski definition) is 2. The lowest BCUT2D eigenvalue weighted by atomic mass is 9.94. The summed E-state index contributed by atoms with van der Waals surface area (Å²) in [7, 11) is 0. The molecule has 0 N–H and O–H groups in total. The Morgan fingerprint density at radius 1 is 0.846 bits per heavy atom. The Labute approximate surface area is 94.7 Å². The first kappa shape index (κ1) is 13.7. The van der Waals surface area contributed by atoms with Crippen molar-refractivity contribution in [1.29, 1.82) is 0 Å². The quantitative estimate of drug-likeness (QED) is 0.422. The first-order chi connectivity index (χ1) is 6.35. The summed E-state index contributed by atoms with van der Waals surface area (Å²) in [6.45, 7) is 2.28. The van der Waals surface area contributed by atoms with Crippen molar-refractivity contribution in [2.75, 3.05) is 11.5 Å². The molecule has 0 spiro atoms. The lowest BCUT2D eigenvalue weighted by molar-refractivity contribution is 0.416. The molecule has 0 nitrogen and oxygen atoms in total. The van der Waals surface area contributed by atoms with Gasteiger partial charge in [-0.25, -0.2) is 0 Å². The fraction of sp³-hybridized carbons (Fsp3) is 1.00. The molecule has 0 heterocycles. The standard InChI is InChI=1S/C11H24S2/c1-2-6-11(8-10-13)7-4-3-5-9-12/h11-13H,2-10H2,1H3. The molecule has 0 aromatic heterocycles. The molecule has 0 rings (SSSR count). The highest BCUT2D eigenvalue weighted by atomic mass is 32.1. The molecular weight excluding hydrogens is 196 g/mol. The van der Waals surface area contributed by atoms with Gasteiger partial charge in [-0.2, -0.15) is 25.3 Å². The first-order valence-corrected chi connectivity index (χ1v) is 6.83. The molecule has 0 amide bonds. The molecule has 1 atom stereocenters. The number of thiol groups is 2. The normalized spacial score (nSPS) is 13.2. The van der Waals surface area contributed by atoms with E-state index in [4.69, 9.17) is 0 Å². The van der Waals surface area contributed by atoms with Crippen LogP contribution in [0.4, 0.5) is 0 Å². The predicted molar refractivity (Wildman–Crippen MR) is 69.2 cm³/mol. The van der Waals surface area contributed by atoms with E-state index in [1.807, 2.05) is 0 Å². The van der Waals surface area contributed by atoms with Crippen LogP contribution in [0.1, 0.15) is 51.9 Å². The predicted octanol–water partition coefficient (Wildman–Crippen LogP) is 4.21. The number of hydrogen-bond donors (Lipinski definition) is 2. The van der Waals surface area contributed by atoms with Crippen molar-refractivity contribution in [3.63, 3.8) is 0 Å². The van der Waals surface area contributed by atoms with Crippen LogP contribution in [0.5, 0.6) is 0 Å². The van der Waals surface area contributed by atoms with Crippen molar-refractivity contribution in [2.45, 2.75) is 51.9 Å². The summed E-state index contributed by atoms with van der Waals surface area (Å²) in [6.07, 6.45) is 9.45. The summed E-state index contributed by atoms with van der Waals surface area (Å²) in [5.74, 6) is 3.03. The average Bonchev–Trinajstić information content (AvgIpc) is 2.13. The van der Waals surface area contributed by atoms with Gasteiger partial charge in [0.2, 0.25) is 0 Å². The molecule has 0 aliphatic heterocycles. The van der Waals surface area contributed by atoms with Crippen LogP contribution in [0.2, 0.25) is 0 Å². The van der Waals surface area contributed by atoms with Gasteiger partial charge >= 0.3 is 0 Å². The maximum atomic E-state index is 4.30. The van der Waals surface area contributed by atoms with E-state index >= 15 is 0 Å². The van der Waals surface area contributed by atoms with Crippen molar-refractivity contribution >= 4 is 25.3 Å². The van der Waals surface area contributed by atoms with Crippen LogP contribution in [0.3, 0.4) is 0 Å². The molecule has 0 saturated heterocycles. The summed E-state index contributed by atoms with van der Waals surface area (Å²) in [5, 5.41) is 0. The molecule has 0 fully saturated rings. The molecule has 80 valence electrons. The lowest BCUT2D eigenvalue weighted by Crippen LogP contribution is -2.01. The van der Waals surface area contributed by atoms with E-state index in [2.05, 4.69) is 32.2 Å². The summed E-state index contributed by atoms with van der Waals surface area (Å²) in [4.78, 5) is 0. The minimum Gasteiger partial charge on any atom is -0.179 e. The summed E-state index contributed by atoms with van der Waals surface area (Å²) >= 11 is 8.52. The van der Waals surface area contributed by atoms with Crippen molar-refractivity contribution in [3.05, 3.63) is 0 Å². The zero-order valence-corrected chi connectivity index (χ0v) is 10.6. The molecule has 0 saturated carbocycles. The first-order valence-electron chi connectivity index (χ1n) is 5.56. The number of rotatable bonds is 9. The van der Waals surface area contributed by atoms with Gasteiger partial charge in [0.15, 0.2) is 0 Å². The van der Waals surface area contributed by atoms with Crippen LogP contribution in [-0.4, -0.2) is 11.5 Å². The third-order valence-electron chi connectivity index (χ3n) is 2.50. The zero-order chi connectivity index (χ0) is 9.94. The van der Waals surface area contributed by atoms with Gasteiger partial charge in [0, 0.05) is 0 Å². The van der Waals surface area contributed by atoms with Gasteiger partial charge in [0.05, 0.1) is 0 Å². The van der Waals surface area contributed by atoms with E-state index in [-0.39, 0.29) is 0 Å². The molecular formula is C11H24S2. The lowest BCUT2D eigenvalue weighted by Gasteiger charge is -2.14. The monoisotopic (exact) mass is 220 g/mol. The van der Waals surface area contributed by atoms with Crippen LogP contribution >= 0.6 is 25.3 Å². The van der Waals surface area contributed by atoms with Gasteiger partial charge in [0.25, 0.3) is 0 Å². The highest BCUT2D eigenvalue weighted by Gasteiger charge is 2.05. The number of unbranched alkanes of at least 4 members (excludes halogenated alkanes) is 2. The molecule has 0 bridgehead atoms. The van der Waals surface area contributed by atoms with E-state index in [0.29, 0.717) is 0 Å². The second kappa shape index (κ2) is 10.8. The van der Waals surface area contributed by atoms with Crippen LogP contribution in [-0.2, 0) is 0 Å². The molecule has 0 radical (unpaired) electrons. The average molecular weight is 220 g/mol. The SMILES string of the molecule is CCCC(CCS)CCCCCS. The van der Waals surface area contributed by atoms with Crippen molar-refractivity contribution < 1.29 is 0 Å². The Morgan fingerprint density at radius 3 is 2.15 bits per heavy atom. The molecule has 0 aromatic carbocycles. The topological polar surface area (TPSA) is 0 Å². The molecule has 2 heteroatoms. The summed E-state index contributed by atoms with van der Waals surface area (Å²) < 4.78 is 0. The van der Waals surface area contributed by atoms with E-state index in [9.17, 15) is 0 Å². The van der Waals surface area contributed by atoms with Gasteiger partial charge in [-0.1, -0.05) is 39.0 Å². The van der Waals surface area contributed by atoms with E-state index in [1.54, 1.807) is 0 Å². The van der Waals surface area contributed by atoms with Gasteiger partial charge < -0.3 is 0 Å². The van der Waals surface area contributed by atoms with Gasteiger partial charge in [-0.15, -0.1) is 0 Å². The Kier molecular flexibility index (Phi) is 11.4. The maximum Gasteiger partial charge on any atom is -0.00953 e. The molecule has 13 heavy (non-hydrogen) atoms. The molecule has 0 aliphatic rings. The van der Waals surface area contributed by atoms with E-state index in [1.165, 1.54) is 44.9 Å². The fourth-order valence-corrected chi connectivity index (χ4v) is 2.33. The van der Waals surface area contributed by atoms with Crippen molar-refractivity contribution in [2.24, 2.45) is 5.92 Å². The molecule has 0 aromatic rings.